The number of imidazole rings is 1. The largest absolute Gasteiger partial charge is 0.345 e. The summed E-state index contributed by atoms with van der Waals surface area (Å²) in [5, 5.41) is 3.57. The lowest BCUT2D eigenvalue weighted by Gasteiger charge is -2.33. The number of aryl methyl sites for hydroxylation is 1. The molecule has 0 aliphatic rings. The molecule has 0 amide bonds. The molecule has 1 aromatic heterocycles. The zero-order valence-electron chi connectivity index (χ0n) is 11.4. The predicted molar refractivity (Wildman–Crippen MR) is 68.3 cm³/mol. The van der Waals surface area contributed by atoms with Crippen molar-refractivity contribution in [2.24, 2.45) is 5.41 Å². The third kappa shape index (κ3) is 4.79. The summed E-state index contributed by atoms with van der Waals surface area (Å²) < 4.78 is 0. The van der Waals surface area contributed by atoms with Crippen molar-refractivity contribution in [3.63, 3.8) is 0 Å². The molecule has 0 aliphatic carbocycles. The van der Waals surface area contributed by atoms with Gasteiger partial charge in [0.2, 0.25) is 0 Å². The van der Waals surface area contributed by atoms with E-state index in [1.165, 1.54) is 0 Å². The quantitative estimate of drug-likeness (QED) is 0.823. The molecule has 0 bridgehead atoms. The third-order valence-corrected chi connectivity index (χ3v) is 2.49. The van der Waals surface area contributed by atoms with Gasteiger partial charge < -0.3 is 10.3 Å². The first-order valence-corrected chi connectivity index (χ1v) is 5.93. The predicted octanol–water partition coefficient (Wildman–Crippen LogP) is 3.02. The Morgan fingerprint density at radius 1 is 1.25 bits per heavy atom. The van der Waals surface area contributed by atoms with E-state index in [-0.39, 0.29) is 5.54 Å². The Hall–Kier alpha value is -0.830. The van der Waals surface area contributed by atoms with Gasteiger partial charge in [-0.3, -0.25) is 0 Å². The average Bonchev–Trinajstić information content (AvgIpc) is 2.44. The van der Waals surface area contributed by atoms with Crippen molar-refractivity contribution >= 4 is 0 Å². The lowest BCUT2D eigenvalue weighted by atomic mass is 9.82. The molecular weight excluding hydrogens is 198 g/mol. The highest BCUT2D eigenvalue weighted by Gasteiger charge is 2.24. The maximum absolute atomic E-state index is 4.20. The molecule has 1 aromatic rings. The van der Waals surface area contributed by atoms with E-state index in [4.69, 9.17) is 0 Å². The van der Waals surface area contributed by atoms with E-state index in [0.29, 0.717) is 5.41 Å². The van der Waals surface area contributed by atoms with Crippen LogP contribution in [-0.2, 0) is 6.54 Å². The summed E-state index contributed by atoms with van der Waals surface area (Å²) in [5.74, 6) is 0.977. The second kappa shape index (κ2) is 4.58. The minimum absolute atomic E-state index is 0.150. The van der Waals surface area contributed by atoms with Crippen molar-refractivity contribution in [1.29, 1.82) is 0 Å². The summed E-state index contributed by atoms with van der Waals surface area (Å²) in [7, 11) is 0. The fraction of sp³-hybridized carbons (Fsp3) is 0.769. The lowest BCUT2D eigenvalue weighted by molar-refractivity contribution is 0.240. The van der Waals surface area contributed by atoms with E-state index in [1.54, 1.807) is 0 Å². The first kappa shape index (κ1) is 13.2. The number of nitrogens with one attached hydrogen (secondary N) is 2. The van der Waals surface area contributed by atoms with Crippen LogP contribution in [0, 0.1) is 12.3 Å². The first-order valence-electron chi connectivity index (χ1n) is 5.93. The van der Waals surface area contributed by atoms with Gasteiger partial charge in [0.25, 0.3) is 0 Å². The SMILES string of the molecule is Cc1ncc(CNC(C)(C)CC(C)(C)C)[nH]1. The highest BCUT2D eigenvalue weighted by Crippen LogP contribution is 2.26. The van der Waals surface area contributed by atoms with Gasteiger partial charge in [0, 0.05) is 24.0 Å². The molecule has 0 saturated heterocycles. The maximum atomic E-state index is 4.20. The molecule has 0 saturated carbocycles. The molecule has 3 nitrogen and oxygen atoms in total. The molecule has 0 aromatic carbocycles. The first-order chi connectivity index (χ1) is 7.18. The molecule has 0 fully saturated rings. The van der Waals surface area contributed by atoms with E-state index in [0.717, 1.165) is 24.5 Å². The smallest absolute Gasteiger partial charge is 0.103 e. The van der Waals surface area contributed by atoms with Crippen LogP contribution >= 0.6 is 0 Å². The van der Waals surface area contributed by atoms with Crippen molar-refractivity contribution in [2.45, 2.75) is 60.0 Å². The second-order valence-corrected chi connectivity index (χ2v) is 6.47. The number of aromatic amines is 1. The maximum Gasteiger partial charge on any atom is 0.103 e. The summed E-state index contributed by atoms with van der Waals surface area (Å²) >= 11 is 0. The Morgan fingerprint density at radius 3 is 2.31 bits per heavy atom. The van der Waals surface area contributed by atoms with Crippen LogP contribution in [0.3, 0.4) is 0 Å². The van der Waals surface area contributed by atoms with Crippen molar-refractivity contribution in [3.05, 3.63) is 17.7 Å². The molecular formula is C13H25N3. The van der Waals surface area contributed by atoms with Gasteiger partial charge in [-0.05, 0) is 32.6 Å². The molecule has 0 radical (unpaired) electrons. The normalized spacial score (nSPS) is 13.1. The number of rotatable bonds is 4. The van der Waals surface area contributed by atoms with Crippen LogP contribution in [0.2, 0.25) is 0 Å². The van der Waals surface area contributed by atoms with Gasteiger partial charge in [0.1, 0.15) is 5.82 Å². The van der Waals surface area contributed by atoms with E-state index >= 15 is 0 Å². The molecule has 0 atom stereocenters. The second-order valence-electron chi connectivity index (χ2n) is 6.47. The van der Waals surface area contributed by atoms with E-state index < -0.39 is 0 Å². The van der Waals surface area contributed by atoms with Crippen LogP contribution in [0.1, 0.15) is 52.6 Å². The number of H-pyrrole nitrogens is 1. The number of aromatic nitrogens is 2. The summed E-state index contributed by atoms with van der Waals surface area (Å²) in [6.07, 6.45) is 3.04. The highest BCUT2D eigenvalue weighted by molar-refractivity contribution is 5.00. The monoisotopic (exact) mass is 223 g/mol. The molecule has 0 spiro atoms. The number of hydrogen-bond donors (Lipinski definition) is 2. The van der Waals surface area contributed by atoms with Crippen molar-refractivity contribution < 1.29 is 0 Å². The van der Waals surface area contributed by atoms with Crippen molar-refractivity contribution in [3.8, 4) is 0 Å². The number of hydrogen-bond acceptors (Lipinski definition) is 2. The minimum atomic E-state index is 0.150. The minimum Gasteiger partial charge on any atom is -0.345 e. The van der Waals surface area contributed by atoms with Gasteiger partial charge in [0.05, 0.1) is 0 Å². The van der Waals surface area contributed by atoms with Gasteiger partial charge in [0.15, 0.2) is 0 Å². The lowest BCUT2D eigenvalue weighted by Crippen LogP contribution is -2.41. The van der Waals surface area contributed by atoms with Crippen LogP contribution in [-0.4, -0.2) is 15.5 Å². The Balaban J connectivity index is 2.47. The van der Waals surface area contributed by atoms with Crippen LogP contribution in [0.4, 0.5) is 0 Å². The molecule has 3 heteroatoms. The summed E-state index contributed by atoms with van der Waals surface area (Å²) in [4.78, 5) is 7.43. The standard InChI is InChI=1S/C13H25N3/c1-10-14-7-11(16-10)8-15-13(5,6)9-12(2,3)4/h7,15H,8-9H2,1-6H3,(H,14,16). The van der Waals surface area contributed by atoms with Crippen molar-refractivity contribution in [2.75, 3.05) is 0 Å². The fourth-order valence-electron chi connectivity index (χ4n) is 2.28. The van der Waals surface area contributed by atoms with Crippen LogP contribution in [0.5, 0.6) is 0 Å². The Bertz CT molecular complexity index is 331. The van der Waals surface area contributed by atoms with Crippen LogP contribution in [0.25, 0.3) is 0 Å². The van der Waals surface area contributed by atoms with Gasteiger partial charge in [-0.1, -0.05) is 20.8 Å². The van der Waals surface area contributed by atoms with Crippen molar-refractivity contribution in [1.82, 2.24) is 15.3 Å². The Labute approximate surface area is 99.1 Å². The third-order valence-electron chi connectivity index (χ3n) is 2.49. The van der Waals surface area contributed by atoms with E-state index in [9.17, 15) is 0 Å². The molecule has 92 valence electrons. The van der Waals surface area contributed by atoms with E-state index in [2.05, 4.69) is 49.9 Å². The van der Waals surface area contributed by atoms with Gasteiger partial charge >= 0.3 is 0 Å². The van der Waals surface area contributed by atoms with Gasteiger partial charge in [-0.25, -0.2) is 4.98 Å². The summed E-state index contributed by atoms with van der Waals surface area (Å²) in [6, 6.07) is 0. The number of nitrogens with zero attached hydrogens (tertiary/aromatic N) is 1. The zero-order valence-corrected chi connectivity index (χ0v) is 11.4. The van der Waals surface area contributed by atoms with E-state index in [1.807, 2.05) is 13.1 Å². The van der Waals surface area contributed by atoms with Gasteiger partial charge in [-0.2, -0.15) is 0 Å². The molecule has 16 heavy (non-hydrogen) atoms. The topological polar surface area (TPSA) is 40.7 Å². The molecule has 1 rings (SSSR count). The van der Waals surface area contributed by atoms with Gasteiger partial charge in [-0.15, -0.1) is 0 Å². The molecule has 2 N–H and O–H groups in total. The Kier molecular flexibility index (Phi) is 3.79. The summed E-state index contributed by atoms with van der Waals surface area (Å²) in [5.41, 5.74) is 1.65. The van der Waals surface area contributed by atoms with Crippen LogP contribution < -0.4 is 5.32 Å². The highest BCUT2D eigenvalue weighted by atomic mass is 15.0. The summed E-state index contributed by atoms with van der Waals surface area (Å²) in [6.45, 7) is 14.2. The molecule has 1 heterocycles. The molecule has 0 aliphatic heterocycles. The van der Waals surface area contributed by atoms with Crippen LogP contribution in [0.15, 0.2) is 6.20 Å². The zero-order chi connectivity index (χ0) is 12.4. The Morgan fingerprint density at radius 2 is 1.88 bits per heavy atom. The molecule has 0 unspecified atom stereocenters. The average molecular weight is 223 g/mol. The fourth-order valence-corrected chi connectivity index (χ4v) is 2.28.